The summed E-state index contributed by atoms with van der Waals surface area (Å²) >= 11 is 0. The Bertz CT molecular complexity index is 171. The lowest BCUT2D eigenvalue weighted by Crippen LogP contribution is -2.53. The van der Waals surface area contributed by atoms with Gasteiger partial charge in [-0.1, -0.05) is 0 Å². The minimum absolute atomic E-state index is 0.0747. The van der Waals surface area contributed by atoms with Gasteiger partial charge in [0.15, 0.2) is 0 Å². The molecule has 0 aliphatic carbocycles. The summed E-state index contributed by atoms with van der Waals surface area (Å²) in [7, 11) is 1.76. The minimum atomic E-state index is -0.0747. The zero-order chi connectivity index (χ0) is 11.3. The van der Waals surface area contributed by atoms with Crippen LogP contribution in [0.25, 0.3) is 0 Å². The van der Waals surface area contributed by atoms with Gasteiger partial charge < -0.3 is 10.5 Å². The molecule has 1 aliphatic heterocycles. The SMILES string of the molecule is COCCN1CCN(CC(C)(C)N)CC1. The highest BCUT2D eigenvalue weighted by atomic mass is 16.5. The largest absolute Gasteiger partial charge is 0.383 e. The van der Waals surface area contributed by atoms with E-state index in [0.29, 0.717) is 0 Å². The van der Waals surface area contributed by atoms with E-state index in [4.69, 9.17) is 10.5 Å². The highest BCUT2D eigenvalue weighted by Crippen LogP contribution is 2.06. The van der Waals surface area contributed by atoms with Crippen molar-refractivity contribution in [1.82, 2.24) is 9.80 Å². The number of nitrogens with zero attached hydrogens (tertiary/aromatic N) is 2. The molecule has 15 heavy (non-hydrogen) atoms. The second-order valence-corrected chi connectivity index (χ2v) is 5.10. The molecular weight excluding hydrogens is 190 g/mol. The van der Waals surface area contributed by atoms with Gasteiger partial charge in [-0.25, -0.2) is 0 Å². The van der Waals surface area contributed by atoms with Crippen LogP contribution in [-0.2, 0) is 4.74 Å². The molecule has 2 N–H and O–H groups in total. The maximum atomic E-state index is 6.01. The average molecular weight is 215 g/mol. The number of hydrogen-bond acceptors (Lipinski definition) is 4. The summed E-state index contributed by atoms with van der Waals surface area (Å²) in [5.41, 5.74) is 5.93. The molecule has 1 saturated heterocycles. The summed E-state index contributed by atoms with van der Waals surface area (Å²) < 4.78 is 5.08. The molecular formula is C11H25N3O. The fourth-order valence-electron chi connectivity index (χ4n) is 1.97. The van der Waals surface area contributed by atoms with Gasteiger partial charge in [-0.15, -0.1) is 0 Å². The van der Waals surface area contributed by atoms with Gasteiger partial charge in [0.05, 0.1) is 6.61 Å². The Kier molecular flexibility index (Phi) is 4.99. The van der Waals surface area contributed by atoms with Crippen molar-refractivity contribution < 1.29 is 4.74 Å². The summed E-state index contributed by atoms with van der Waals surface area (Å²) in [6, 6.07) is 0. The van der Waals surface area contributed by atoms with E-state index < -0.39 is 0 Å². The lowest BCUT2D eigenvalue weighted by molar-refractivity contribution is 0.0883. The van der Waals surface area contributed by atoms with Crippen molar-refractivity contribution in [2.45, 2.75) is 19.4 Å². The average Bonchev–Trinajstić information content (AvgIpc) is 2.14. The van der Waals surface area contributed by atoms with E-state index >= 15 is 0 Å². The van der Waals surface area contributed by atoms with Crippen LogP contribution in [0.3, 0.4) is 0 Å². The van der Waals surface area contributed by atoms with Crippen LogP contribution in [0.15, 0.2) is 0 Å². The molecule has 0 unspecified atom stereocenters. The van der Waals surface area contributed by atoms with Gasteiger partial charge in [-0.3, -0.25) is 9.80 Å². The van der Waals surface area contributed by atoms with Gasteiger partial charge in [-0.2, -0.15) is 0 Å². The summed E-state index contributed by atoms with van der Waals surface area (Å²) in [5, 5.41) is 0. The monoisotopic (exact) mass is 215 g/mol. The molecule has 0 atom stereocenters. The predicted octanol–water partition coefficient (Wildman–Crippen LogP) is -0.0123. The van der Waals surface area contributed by atoms with Crippen LogP contribution in [0.4, 0.5) is 0 Å². The van der Waals surface area contributed by atoms with E-state index in [1.807, 2.05) is 0 Å². The van der Waals surface area contributed by atoms with E-state index in [1.54, 1.807) is 7.11 Å². The molecule has 4 nitrogen and oxygen atoms in total. The van der Waals surface area contributed by atoms with E-state index in [2.05, 4.69) is 23.6 Å². The lowest BCUT2D eigenvalue weighted by atomic mass is 10.1. The molecule has 1 heterocycles. The van der Waals surface area contributed by atoms with E-state index in [-0.39, 0.29) is 5.54 Å². The van der Waals surface area contributed by atoms with Crippen molar-refractivity contribution in [1.29, 1.82) is 0 Å². The van der Waals surface area contributed by atoms with Crippen molar-refractivity contribution in [3.8, 4) is 0 Å². The Balaban J connectivity index is 2.18. The molecule has 0 radical (unpaired) electrons. The highest BCUT2D eigenvalue weighted by Gasteiger charge is 2.21. The maximum absolute atomic E-state index is 6.01. The Labute approximate surface area is 93.4 Å². The smallest absolute Gasteiger partial charge is 0.0589 e. The van der Waals surface area contributed by atoms with Crippen molar-refractivity contribution in [3.63, 3.8) is 0 Å². The van der Waals surface area contributed by atoms with Crippen LogP contribution >= 0.6 is 0 Å². The minimum Gasteiger partial charge on any atom is -0.383 e. The number of hydrogen-bond donors (Lipinski definition) is 1. The molecule has 0 bridgehead atoms. The van der Waals surface area contributed by atoms with E-state index in [9.17, 15) is 0 Å². The fourth-order valence-corrected chi connectivity index (χ4v) is 1.97. The van der Waals surface area contributed by atoms with Gasteiger partial charge in [0.2, 0.25) is 0 Å². The Morgan fingerprint density at radius 2 is 1.67 bits per heavy atom. The van der Waals surface area contributed by atoms with Gasteiger partial charge in [-0.05, 0) is 13.8 Å². The third-order valence-corrected chi connectivity index (χ3v) is 2.71. The van der Waals surface area contributed by atoms with Gasteiger partial charge in [0.25, 0.3) is 0 Å². The number of methoxy groups -OCH3 is 1. The Morgan fingerprint density at radius 1 is 1.13 bits per heavy atom. The zero-order valence-electron chi connectivity index (χ0n) is 10.3. The molecule has 0 aromatic heterocycles. The first-order valence-electron chi connectivity index (χ1n) is 5.74. The normalized spacial score (nSPS) is 20.8. The molecule has 90 valence electrons. The van der Waals surface area contributed by atoms with Gasteiger partial charge in [0, 0.05) is 51.9 Å². The number of piperazine rings is 1. The zero-order valence-corrected chi connectivity index (χ0v) is 10.3. The molecule has 4 heteroatoms. The first kappa shape index (κ1) is 12.9. The summed E-state index contributed by atoms with van der Waals surface area (Å²) in [5.74, 6) is 0. The molecule has 1 aliphatic rings. The van der Waals surface area contributed by atoms with Crippen LogP contribution in [0.1, 0.15) is 13.8 Å². The molecule has 1 fully saturated rings. The van der Waals surface area contributed by atoms with Crippen molar-refractivity contribution in [3.05, 3.63) is 0 Å². The molecule has 0 aromatic rings. The molecule has 0 spiro atoms. The van der Waals surface area contributed by atoms with Crippen LogP contribution in [0.5, 0.6) is 0 Å². The van der Waals surface area contributed by atoms with Gasteiger partial charge in [0.1, 0.15) is 0 Å². The quantitative estimate of drug-likeness (QED) is 0.700. The number of rotatable bonds is 5. The highest BCUT2D eigenvalue weighted by molar-refractivity contribution is 4.80. The summed E-state index contributed by atoms with van der Waals surface area (Å²) in [4.78, 5) is 4.90. The molecule has 0 amide bonds. The first-order valence-corrected chi connectivity index (χ1v) is 5.74. The van der Waals surface area contributed by atoms with Crippen molar-refractivity contribution >= 4 is 0 Å². The summed E-state index contributed by atoms with van der Waals surface area (Å²) in [6.07, 6.45) is 0. The van der Waals surface area contributed by atoms with Crippen LogP contribution < -0.4 is 5.73 Å². The predicted molar refractivity (Wildman–Crippen MR) is 63.0 cm³/mol. The van der Waals surface area contributed by atoms with Crippen LogP contribution in [0.2, 0.25) is 0 Å². The first-order chi connectivity index (χ1) is 7.01. The second-order valence-electron chi connectivity index (χ2n) is 5.10. The maximum Gasteiger partial charge on any atom is 0.0589 e. The van der Waals surface area contributed by atoms with Crippen LogP contribution in [-0.4, -0.2) is 68.3 Å². The van der Waals surface area contributed by atoms with E-state index in [1.165, 1.54) is 0 Å². The number of ether oxygens (including phenoxy) is 1. The Morgan fingerprint density at radius 3 is 2.13 bits per heavy atom. The van der Waals surface area contributed by atoms with Gasteiger partial charge >= 0.3 is 0 Å². The second kappa shape index (κ2) is 5.80. The van der Waals surface area contributed by atoms with Crippen LogP contribution in [0, 0.1) is 0 Å². The Hall–Kier alpha value is -0.160. The third kappa shape index (κ3) is 5.47. The number of nitrogens with two attached hydrogens (primary N) is 1. The topological polar surface area (TPSA) is 41.7 Å². The molecule has 1 rings (SSSR count). The third-order valence-electron chi connectivity index (χ3n) is 2.71. The summed E-state index contributed by atoms with van der Waals surface area (Å²) in [6.45, 7) is 11.6. The fraction of sp³-hybridized carbons (Fsp3) is 1.00. The molecule has 0 aromatic carbocycles. The van der Waals surface area contributed by atoms with Crippen molar-refractivity contribution in [2.24, 2.45) is 5.73 Å². The molecule has 0 saturated carbocycles. The van der Waals surface area contributed by atoms with Crippen molar-refractivity contribution in [2.75, 3.05) is 53.0 Å². The van der Waals surface area contributed by atoms with E-state index in [0.717, 1.165) is 45.9 Å². The lowest BCUT2D eigenvalue weighted by Gasteiger charge is -2.37. The standard InChI is InChI=1S/C11H25N3O/c1-11(2,12)10-14-6-4-13(5-7-14)8-9-15-3/h4-10,12H2,1-3H3.